The Hall–Kier alpha value is -2.91. The molecule has 2 aromatic carbocycles. The van der Waals surface area contributed by atoms with Crippen molar-refractivity contribution < 1.29 is 27.9 Å². The van der Waals surface area contributed by atoms with Crippen molar-refractivity contribution in [2.75, 3.05) is 0 Å². The summed E-state index contributed by atoms with van der Waals surface area (Å²) in [4.78, 5) is 22.2. The molecule has 0 aliphatic carbocycles. The molecule has 0 aromatic heterocycles. The van der Waals surface area contributed by atoms with Gasteiger partial charge in [-0.05, 0) is 30.2 Å². The van der Waals surface area contributed by atoms with Crippen LogP contribution in [0.2, 0.25) is 0 Å². The smallest absolute Gasteiger partial charge is 0.335 e. The predicted octanol–water partition coefficient (Wildman–Crippen LogP) is 1.80. The first-order valence-corrected chi connectivity index (χ1v) is 9.09. The molecule has 0 aliphatic rings. The predicted molar refractivity (Wildman–Crippen MR) is 93.5 cm³/mol. The first kappa shape index (κ1) is 19.4. The van der Waals surface area contributed by atoms with Gasteiger partial charge in [-0.3, -0.25) is 4.79 Å². The van der Waals surface area contributed by atoms with Gasteiger partial charge in [0.15, 0.2) is 5.75 Å². The Kier molecular flexibility index (Phi) is 5.63. The van der Waals surface area contributed by atoms with Crippen molar-refractivity contribution in [2.45, 2.75) is 24.2 Å². The lowest BCUT2D eigenvalue weighted by atomic mass is 9.94. The van der Waals surface area contributed by atoms with Gasteiger partial charge in [-0.15, -0.1) is 0 Å². The highest BCUT2D eigenvalue weighted by Crippen LogP contribution is 2.38. The van der Waals surface area contributed by atoms with Crippen molar-refractivity contribution in [3.8, 4) is 11.5 Å². The van der Waals surface area contributed by atoms with Gasteiger partial charge in [-0.1, -0.05) is 25.1 Å². The lowest BCUT2D eigenvalue weighted by Gasteiger charge is -2.19. The number of hydrogen-bond acceptors (Lipinski definition) is 5. The number of hydrogen-bond donors (Lipinski definition) is 3. The number of carbonyl (C=O) groups excluding carboxylic acids is 1. The van der Waals surface area contributed by atoms with Crippen LogP contribution in [0.4, 0.5) is 0 Å². The molecule has 2 aromatic rings. The highest BCUT2D eigenvalue weighted by molar-refractivity contribution is 7.89. The Morgan fingerprint density at radius 3 is 2.31 bits per heavy atom. The van der Waals surface area contributed by atoms with E-state index >= 15 is 0 Å². The fourth-order valence-electron chi connectivity index (χ4n) is 2.45. The second-order valence-electron chi connectivity index (χ2n) is 5.73. The highest BCUT2D eigenvalue weighted by Gasteiger charge is 2.26. The summed E-state index contributed by atoms with van der Waals surface area (Å²) in [5.41, 5.74) is 5.13. The zero-order valence-electron chi connectivity index (χ0n) is 13.9. The Labute approximate surface area is 150 Å². The second-order valence-corrected chi connectivity index (χ2v) is 7.26. The highest BCUT2D eigenvalue weighted by atomic mass is 32.2. The van der Waals surface area contributed by atoms with Crippen LogP contribution in [-0.2, 0) is 14.8 Å². The molecular formula is C17H18N2O6S. The van der Waals surface area contributed by atoms with Crippen LogP contribution in [0.1, 0.15) is 35.2 Å². The van der Waals surface area contributed by atoms with Gasteiger partial charge in [0.1, 0.15) is 10.6 Å². The van der Waals surface area contributed by atoms with E-state index in [1.165, 1.54) is 6.07 Å². The molecule has 2 rings (SSSR count). The summed E-state index contributed by atoms with van der Waals surface area (Å²) in [5.74, 6) is -2.36. The van der Waals surface area contributed by atoms with E-state index in [2.05, 4.69) is 0 Å². The molecule has 0 aliphatic heterocycles. The van der Waals surface area contributed by atoms with Crippen LogP contribution in [0.25, 0.3) is 0 Å². The van der Waals surface area contributed by atoms with Gasteiger partial charge < -0.3 is 15.6 Å². The molecule has 0 saturated heterocycles. The number of primary sulfonamides is 1. The van der Waals surface area contributed by atoms with Gasteiger partial charge in [0, 0.05) is 12.0 Å². The minimum absolute atomic E-state index is 0.127. The van der Waals surface area contributed by atoms with Crippen LogP contribution in [0.3, 0.4) is 0 Å². The lowest BCUT2D eigenvalue weighted by molar-refractivity contribution is -0.118. The fraction of sp³-hybridized carbons (Fsp3) is 0.176. The Morgan fingerprint density at radius 1 is 1.19 bits per heavy atom. The summed E-state index contributed by atoms with van der Waals surface area (Å²) in [5, 5.41) is 14.5. The number of carboxylic acid groups (broad SMARTS) is 1. The summed E-state index contributed by atoms with van der Waals surface area (Å²) < 4.78 is 29.8. The van der Waals surface area contributed by atoms with Crippen LogP contribution >= 0.6 is 0 Å². The van der Waals surface area contributed by atoms with Crippen LogP contribution in [0, 0.1) is 0 Å². The van der Waals surface area contributed by atoms with Crippen LogP contribution in [0.15, 0.2) is 47.4 Å². The second kappa shape index (κ2) is 7.54. The molecule has 1 atom stereocenters. The standard InChI is InChI=1S/C17H18N2O6S/c1-10(7-15(18)20)13-8-11(17(21)22)9-14(26(19,23)24)16(13)25-12-5-3-2-4-6-12/h2-6,8-10H,7H2,1H3,(H2,18,20)(H,21,22)(H2,19,23,24). The molecule has 5 N–H and O–H groups in total. The average molecular weight is 378 g/mol. The molecular weight excluding hydrogens is 360 g/mol. The number of sulfonamides is 1. The fourth-order valence-corrected chi connectivity index (χ4v) is 3.16. The molecule has 138 valence electrons. The molecule has 0 bridgehead atoms. The number of carboxylic acids is 1. The largest absolute Gasteiger partial charge is 0.478 e. The number of nitrogens with two attached hydrogens (primary N) is 2. The Bertz CT molecular complexity index is 941. The SMILES string of the molecule is CC(CC(N)=O)c1cc(C(=O)O)cc(S(N)(=O)=O)c1Oc1ccccc1. The maximum atomic E-state index is 12.0. The number of para-hydroxylation sites is 1. The third kappa shape index (κ3) is 4.58. The molecule has 0 fully saturated rings. The number of carbonyl (C=O) groups is 2. The number of primary amides is 1. The van der Waals surface area contributed by atoms with Gasteiger partial charge in [0.2, 0.25) is 15.9 Å². The van der Waals surface area contributed by atoms with Gasteiger partial charge >= 0.3 is 5.97 Å². The van der Waals surface area contributed by atoms with E-state index in [9.17, 15) is 23.1 Å². The first-order valence-electron chi connectivity index (χ1n) is 7.55. The third-order valence-electron chi connectivity index (χ3n) is 3.64. The van der Waals surface area contributed by atoms with E-state index in [0.29, 0.717) is 5.75 Å². The molecule has 0 radical (unpaired) electrons. The van der Waals surface area contributed by atoms with Gasteiger partial charge in [0.05, 0.1) is 5.56 Å². The van der Waals surface area contributed by atoms with E-state index in [1.807, 2.05) is 0 Å². The normalized spacial score (nSPS) is 12.4. The van der Waals surface area contributed by atoms with Gasteiger partial charge in [-0.2, -0.15) is 0 Å². The van der Waals surface area contributed by atoms with Crippen molar-refractivity contribution in [1.29, 1.82) is 0 Å². The zero-order valence-corrected chi connectivity index (χ0v) is 14.7. The molecule has 1 unspecified atom stereocenters. The van der Waals surface area contributed by atoms with Gasteiger partial charge in [0.25, 0.3) is 0 Å². The quantitative estimate of drug-likeness (QED) is 0.668. The maximum absolute atomic E-state index is 12.0. The first-order chi connectivity index (χ1) is 12.1. The van der Waals surface area contributed by atoms with E-state index in [-0.39, 0.29) is 23.3 Å². The summed E-state index contributed by atoms with van der Waals surface area (Å²) >= 11 is 0. The van der Waals surface area contributed by atoms with Crippen LogP contribution < -0.4 is 15.6 Å². The lowest BCUT2D eigenvalue weighted by Crippen LogP contribution is -2.18. The summed E-state index contributed by atoms with van der Waals surface area (Å²) in [6.45, 7) is 1.61. The van der Waals surface area contributed by atoms with Crippen molar-refractivity contribution in [3.05, 3.63) is 53.6 Å². The number of rotatable bonds is 7. The zero-order chi connectivity index (χ0) is 19.5. The Balaban J connectivity index is 2.74. The van der Waals surface area contributed by atoms with Crippen molar-refractivity contribution in [2.24, 2.45) is 10.9 Å². The minimum atomic E-state index is -4.30. The average Bonchev–Trinajstić information content (AvgIpc) is 2.53. The maximum Gasteiger partial charge on any atom is 0.335 e. The topological polar surface area (TPSA) is 150 Å². The van der Waals surface area contributed by atoms with Crippen molar-refractivity contribution >= 4 is 21.9 Å². The third-order valence-corrected chi connectivity index (χ3v) is 4.55. The molecule has 9 heteroatoms. The Morgan fingerprint density at radius 2 is 1.81 bits per heavy atom. The number of aromatic carboxylic acids is 1. The minimum Gasteiger partial charge on any atom is -0.478 e. The number of amides is 1. The molecule has 8 nitrogen and oxygen atoms in total. The number of ether oxygens (including phenoxy) is 1. The van der Waals surface area contributed by atoms with Gasteiger partial charge in [-0.25, -0.2) is 18.4 Å². The van der Waals surface area contributed by atoms with Crippen LogP contribution in [0.5, 0.6) is 11.5 Å². The molecule has 26 heavy (non-hydrogen) atoms. The molecule has 0 heterocycles. The van der Waals surface area contributed by atoms with Crippen LogP contribution in [-0.4, -0.2) is 25.4 Å². The van der Waals surface area contributed by atoms with E-state index in [0.717, 1.165) is 6.07 Å². The summed E-state index contributed by atoms with van der Waals surface area (Å²) in [6, 6.07) is 10.5. The molecule has 0 spiro atoms. The number of benzene rings is 2. The summed E-state index contributed by atoms with van der Waals surface area (Å²) in [6.07, 6.45) is -0.127. The molecule has 0 saturated carbocycles. The monoisotopic (exact) mass is 378 g/mol. The van der Waals surface area contributed by atoms with Crippen molar-refractivity contribution in [1.82, 2.24) is 0 Å². The van der Waals surface area contributed by atoms with Crippen molar-refractivity contribution in [3.63, 3.8) is 0 Å². The summed E-state index contributed by atoms with van der Waals surface area (Å²) in [7, 11) is -4.30. The van der Waals surface area contributed by atoms with E-state index in [4.69, 9.17) is 15.6 Å². The van der Waals surface area contributed by atoms with E-state index < -0.39 is 32.7 Å². The van der Waals surface area contributed by atoms with E-state index in [1.54, 1.807) is 37.3 Å². The molecule has 1 amide bonds.